The van der Waals surface area contributed by atoms with E-state index in [2.05, 4.69) is 5.32 Å². The van der Waals surface area contributed by atoms with E-state index in [4.69, 9.17) is 5.11 Å². The fourth-order valence-corrected chi connectivity index (χ4v) is 2.48. The molecule has 1 aromatic carbocycles. The van der Waals surface area contributed by atoms with Gasteiger partial charge in [-0.2, -0.15) is 13.2 Å². The van der Waals surface area contributed by atoms with Crippen LogP contribution in [0.1, 0.15) is 34.8 Å². The van der Waals surface area contributed by atoms with Crippen LogP contribution in [0.25, 0.3) is 0 Å². The van der Waals surface area contributed by atoms with Gasteiger partial charge in [0.25, 0.3) is 0 Å². The van der Waals surface area contributed by atoms with Gasteiger partial charge in [-0.3, -0.25) is 9.59 Å². The minimum atomic E-state index is -4.38. The summed E-state index contributed by atoms with van der Waals surface area (Å²) >= 11 is 0. The van der Waals surface area contributed by atoms with E-state index in [1.165, 1.54) is 13.0 Å². The Kier molecular flexibility index (Phi) is 3.93. The topological polar surface area (TPSA) is 66.4 Å². The van der Waals surface area contributed by atoms with Gasteiger partial charge in [-0.05, 0) is 37.0 Å². The highest BCUT2D eigenvalue weighted by Crippen LogP contribution is 2.36. The SMILES string of the molecule is CC(=O)c1cc(CC(=O)O)cc2c1NC(C(F)(F)F)CC2. The molecule has 1 atom stereocenters. The first kappa shape index (κ1) is 15.3. The first-order valence-corrected chi connectivity index (χ1v) is 6.40. The van der Waals surface area contributed by atoms with Crippen LogP contribution in [0, 0.1) is 0 Å². The number of Topliss-reactive ketones (excluding diaryl/α,β-unsaturated/α-hetero) is 1. The van der Waals surface area contributed by atoms with Crippen LogP contribution in [0.2, 0.25) is 0 Å². The zero-order valence-corrected chi connectivity index (χ0v) is 11.3. The zero-order chi connectivity index (χ0) is 15.8. The number of aliphatic carboxylic acids is 1. The van der Waals surface area contributed by atoms with Crippen molar-refractivity contribution in [3.8, 4) is 0 Å². The molecule has 114 valence electrons. The average molecular weight is 301 g/mol. The molecule has 0 spiro atoms. The predicted octanol–water partition coefficient (Wildman–Crippen LogP) is 2.81. The van der Waals surface area contributed by atoms with Crippen molar-refractivity contribution in [1.29, 1.82) is 0 Å². The maximum Gasteiger partial charge on any atom is 0.408 e. The van der Waals surface area contributed by atoms with Gasteiger partial charge in [0, 0.05) is 11.3 Å². The van der Waals surface area contributed by atoms with Crippen LogP contribution in [0.15, 0.2) is 12.1 Å². The summed E-state index contributed by atoms with van der Waals surface area (Å²) in [6.07, 6.45) is -4.63. The van der Waals surface area contributed by atoms with Crippen molar-refractivity contribution in [1.82, 2.24) is 0 Å². The van der Waals surface area contributed by atoms with Crippen molar-refractivity contribution < 1.29 is 27.9 Å². The molecule has 21 heavy (non-hydrogen) atoms. The highest BCUT2D eigenvalue weighted by atomic mass is 19.4. The number of carbonyl (C=O) groups excluding carboxylic acids is 1. The number of hydrogen-bond donors (Lipinski definition) is 2. The third-order valence-corrected chi connectivity index (χ3v) is 3.43. The average Bonchev–Trinajstić information content (AvgIpc) is 2.35. The number of rotatable bonds is 3. The highest BCUT2D eigenvalue weighted by molar-refractivity contribution is 6.01. The van der Waals surface area contributed by atoms with Gasteiger partial charge < -0.3 is 10.4 Å². The molecule has 7 heteroatoms. The third-order valence-electron chi connectivity index (χ3n) is 3.43. The number of benzene rings is 1. The fraction of sp³-hybridized carbons (Fsp3) is 0.429. The van der Waals surface area contributed by atoms with Gasteiger partial charge in [0.15, 0.2) is 5.78 Å². The molecule has 2 rings (SSSR count). The van der Waals surface area contributed by atoms with Crippen LogP contribution >= 0.6 is 0 Å². The minimum Gasteiger partial charge on any atom is -0.481 e. The number of fused-ring (bicyclic) bond motifs is 1. The third kappa shape index (κ3) is 3.34. The van der Waals surface area contributed by atoms with Crippen LogP contribution in [0.3, 0.4) is 0 Å². The van der Waals surface area contributed by atoms with Gasteiger partial charge >= 0.3 is 12.1 Å². The number of carbonyl (C=O) groups is 2. The van der Waals surface area contributed by atoms with Crippen LogP contribution in [-0.2, 0) is 17.6 Å². The summed E-state index contributed by atoms with van der Waals surface area (Å²) in [7, 11) is 0. The molecular weight excluding hydrogens is 287 g/mol. The number of nitrogens with one attached hydrogen (secondary N) is 1. The molecule has 1 aromatic rings. The molecule has 1 aliphatic rings. The van der Waals surface area contributed by atoms with Crippen molar-refractivity contribution in [2.24, 2.45) is 0 Å². The molecular formula is C14H14F3NO3. The lowest BCUT2D eigenvalue weighted by Gasteiger charge is -2.30. The largest absolute Gasteiger partial charge is 0.481 e. The van der Waals surface area contributed by atoms with Crippen LogP contribution in [-0.4, -0.2) is 29.1 Å². The summed E-state index contributed by atoms with van der Waals surface area (Å²) in [6, 6.07) is 1.21. The Hall–Kier alpha value is -2.05. The second-order valence-electron chi connectivity index (χ2n) is 5.08. The molecule has 0 aliphatic carbocycles. The first-order chi connectivity index (χ1) is 9.68. The molecule has 1 heterocycles. The molecule has 0 aromatic heterocycles. The number of alkyl halides is 3. The maximum atomic E-state index is 12.8. The molecule has 0 radical (unpaired) electrons. The van der Waals surface area contributed by atoms with Crippen molar-refractivity contribution in [2.45, 2.75) is 38.4 Å². The molecule has 4 nitrogen and oxygen atoms in total. The maximum absolute atomic E-state index is 12.8. The standard InChI is InChI=1S/C14H14F3NO3/c1-7(19)10-5-8(6-12(20)21)4-9-2-3-11(14(15,16)17)18-13(9)10/h4-5,11,18H,2-3,6H2,1H3,(H,20,21). The molecule has 0 saturated heterocycles. The summed E-state index contributed by atoms with van der Waals surface area (Å²) in [4.78, 5) is 22.4. The van der Waals surface area contributed by atoms with Crippen molar-refractivity contribution in [3.05, 3.63) is 28.8 Å². The second kappa shape index (κ2) is 5.38. The van der Waals surface area contributed by atoms with E-state index < -0.39 is 24.0 Å². The Morgan fingerprint density at radius 1 is 1.38 bits per heavy atom. The van der Waals surface area contributed by atoms with E-state index in [-0.39, 0.29) is 30.5 Å². The second-order valence-corrected chi connectivity index (χ2v) is 5.08. The molecule has 0 bridgehead atoms. The predicted molar refractivity (Wildman–Crippen MR) is 69.6 cm³/mol. The Labute approximate surface area is 119 Å². The summed E-state index contributed by atoms with van der Waals surface area (Å²) in [5.74, 6) is -1.45. The highest BCUT2D eigenvalue weighted by Gasteiger charge is 2.41. The number of anilines is 1. The summed E-state index contributed by atoms with van der Waals surface area (Å²) in [6.45, 7) is 1.25. The Bertz CT molecular complexity index is 596. The zero-order valence-electron chi connectivity index (χ0n) is 11.3. The number of ketones is 1. The Balaban J connectivity index is 2.44. The quantitative estimate of drug-likeness (QED) is 0.843. The monoisotopic (exact) mass is 301 g/mol. The number of carboxylic acid groups (broad SMARTS) is 1. The number of aryl methyl sites for hydroxylation is 1. The van der Waals surface area contributed by atoms with Gasteiger partial charge in [0.1, 0.15) is 6.04 Å². The van der Waals surface area contributed by atoms with E-state index in [1.54, 1.807) is 6.07 Å². The van der Waals surface area contributed by atoms with E-state index in [9.17, 15) is 22.8 Å². The molecule has 0 fully saturated rings. The lowest BCUT2D eigenvalue weighted by Crippen LogP contribution is -2.39. The normalized spacial score (nSPS) is 17.8. The smallest absolute Gasteiger partial charge is 0.408 e. The van der Waals surface area contributed by atoms with Crippen molar-refractivity contribution in [2.75, 3.05) is 5.32 Å². The Morgan fingerprint density at radius 3 is 2.57 bits per heavy atom. The van der Waals surface area contributed by atoms with E-state index in [1.807, 2.05) is 0 Å². The number of carboxylic acids is 1. The number of halogens is 3. The molecule has 0 amide bonds. The van der Waals surface area contributed by atoms with E-state index in [0.29, 0.717) is 11.1 Å². The van der Waals surface area contributed by atoms with Gasteiger partial charge in [-0.25, -0.2) is 0 Å². The van der Waals surface area contributed by atoms with Crippen LogP contribution in [0.5, 0.6) is 0 Å². The fourth-order valence-electron chi connectivity index (χ4n) is 2.48. The van der Waals surface area contributed by atoms with Gasteiger partial charge in [0.05, 0.1) is 6.42 Å². The van der Waals surface area contributed by atoms with Crippen LogP contribution in [0.4, 0.5) is 18.9 Å². The van der Waals surface area contributed by atoms with Gasteiger partial charge in [0.2, 0.25) is 0 Å². The minimum absolute atomic E-state index is 0.109. The number of hydrogen-bond acceptors (Lipinski definition) is 3. The molecule has 2 N–H and O–H groups in total. The molecule has 0 saturated carbocycles. The Morgan fingerprint density at radius 2 is 2.05 bits per heavy atom. The summed E-state index contributed by atoms with van der Waals surface area (Å²) in [5.41, 5.74) is 1.25. The lowest BCUT2D eigenvalue weighted by molar-refractivity contribution is -0.144. The van der Waals surface area contributed by atoms with E-state index in [0.717, 1.165) is 0 Å². The van der Waals surface area contributed by atoms with Gasteiger partial charge in [-0.1, -0.05) is 6.07 Å². The summed E-state index contributed by atoms with van der Waals surface area (Å²) < 4.78 is 38.4. The van der Waals surface area contributed by atoms with Gasteiger partial charge in [-0.15, -0.1) is 0 Å². The van der Waals surface area contributed by atoms with Crippen molar-refractivity contribution in [3.63, 3.8) is 0 Å². The van der Waals surface area contributed by atoms with E-state index >= 15 is 0 Å². The van der Waals surface area contributed by atoms with Crippen molar-refractivity contribution >= 4 is 17.4 Å². The van der Waals surface area contributed by atoms with Crippen LogP contribution < -0.4 is 5.32 Å². The molecule has 1 unspecified atom stereocenters. The first-order valence-electron chi connectivity index (χ1n) is 6.40. The molecule has 1 aliphatic heterocycles. The summed E-state index contributed by atoms with van der Waals surface area (Å²) in [5, 5.41) is 11.2. The lowest BCUT2D eigenvalue weighted by atomic mass is 9.91.